The quantitative estimate of drug-likeness (QED) is 0.765. The molecule has 2 rings (SSSR count). The summed E-state index contributed by atoms with van der Waals surface area (Å²) in [5.41, 5.74) is 1.23. The van der Waals surface area contributed by atoms with E-state index >= 15 is 0 Å². The number of carbonyl (C=O) groups excluding carboxylic acids is 1. The molecule has 0 amide bonds. The molecule has 100 valence electrons. The molecule has 0 aliphatic carbocycles. The van der Waals surface area contributed by atoms with Crippen molar-refractivity contribution in [2.45, 2.75) is 12.5 Å². The van der Waals surface area contributed by atoms with Crippen molar-refractivity contribution >= 4 is 17.7 Å². The first-order valence-electron chi connectivity index (χ1n) is 6.08. The second-order valence-corrected chi connectivity index (χ2v) is 5.55. The summed E-state index contributed by atoms with van der Waals surface area (Å²) in [6.07, 6.45) is 4.43. The molecule has 0 unspecified atom stereocenters. The van der Waals surface area contributed by atoms with Crippen LogP contribution in [0.15, 0.2) is 12.4 Å². The van der Waals surface area contributed by atoms with Gasteiger partial charge in [-0.3, -0.25) is 14.4 Å². The number of carbonyl (C=O) groups is 1. The summed E-state index contributed by atoms with van der Waals surface area (Å²) in [4.78, 5) is 13.6. The van der Waals surface area contributed by atoms with Crippen LogP contribution in [0.5, 0.6) is 0 Å². The molecule has 0 aromatic carbocycles. The van der Waals surface area contributed by atoms with Crippen LogP contribution in [0.1, 0.15) is 18.0 Å². The number of methoxy groups -OCH3 is 1. The second-order valence-electron chi connectivity index (χ2n) is 4.40. The summed E-state index contributed by atoms with van der Waals surface area (Å²) in [7, 11) is 3.37. The Labute approximate surface area is 111 Å². The first-order valence-corrected chi connectivity index (χ1v) is 7.23. The van der Waals surface area contributed by atoms with Crippen molar-refractivity contribution in [3.63, 3.8) is 0 Å². The van der Waals surface area contributed by atoms with Gasteiger partial charge in [0, 0.05) is 49.4 Å². The van der Waals surface area contributed by atoms with Crippen molar-refractivity contribution in [2.24, 2.45) is 7.05 Å². The molecule has 1 aromatic heterocycles. The molecule has 5 nitrogen and oxygen atoms in total. The molecule has 18 heavy (non-hydrogen) atoms. The molecule has 1 atom stereocenters. The summed E-state index contributed by atoms with van der Waals surface area (Å²) < 4.78 is 6.53. The minimum Gasteiger partial charge on any atom is -0.469 e. The highest BCUT2D eigenvalue weighted by Gasteiger charge is 2.25. The van der Waals surface area contributed by atoms with E-state index in [1.54, 1.807) is 0 Å². The number of rotatable bonds is 4. The number of aromatic nitrogens is 2. The van der Waals surface area contributed by atoms with Gasteiger partial charge >= 0.3 is 5.97 Å². The topological polar surface area (TPSA) is 47.4 Å². The van der Waals surface area contributed by atoms with E-state index in [0.717, 1.165) is 24.6 Å². The fraction of sp³-hybridized carbons (Fsp3) is 0.667. The highest BCUT2D eigenvalue weighted by Crippen LogP contribution is 2.29. The molecule has 0 radical (unpaired) electrons. The third-order valence-corrected chi connectivity index (χ3v) is 4.20. The van der Waals surface area contributed by atoms with Gasteiger partial charge < -0.3 is 4.74 Å². The van der Waals surface area contributed by atoms with Crippen LogP contribution in [0.25, 0.3) is 0 Å². The van der Waals surface area contributed by atoms with Crippen molar-refractivity contribution in [3.05, 3.63) is 18.0 Å². The third-order valence-electron chi connectivity index (χ3n) is 3.18. The number of hydrogen-bond acceptors (Lipinski definition) is 5. The number of hydrogen-bond donors (Lipinski definition) is 0. The van der Waals surface area contributed by atoms with E-state index in [2.05, 4.69) is 16.2 Å². The average Bonchev–Trinajstić information content (AvgIpc) is 2.83. The fourth-order valence-electron chi connectivity index (χ4n) is 2.16. The lowest BCUT2D eigenvalue weighted by Gasteiger charge is -2.34. The summed E-state index contributed by atoms with van der Waals surface area (Å²) >= 11 is 1.96. The molecular weight excluding hydrogens is 250 g/mol. The summed E-state index contributed by atoms with van der Waals surface area (Å²) in [5, 5.41) is 4.23. The lowest BCUT2D eigenvalue weighted by molar-refractivity contribution is -0.141. The number of nitrogens with zero attached hydrogens (tertiary/aromatic N) is 3. The molecule has 0 N–H and O–H groups in total. The molecule has 2 heterocycles. The van der Waals surface area contributed by atoms with E-state index in [-0.39, 0.29) is 5.97 Å². The molecular formula is C12H19N3O2S. The standard InChI is InChI=1S/C12H19N3O2S/c1-14-8-10(7-13-14)11-9-18-6-5-15(11)4-3-12(16)17-2/h7-8,11H,3-6,9H2,1-2H3/t11-/m0/s1. The SMILES string of the molecule is COC(=O)CCN1CCSC[C@H]1c1cnn(C)c1. The van der Waals surface area contributed by atoms with Gasteiger partial charge in [-0.25, -0.2) is 0 Å². The van der Waals surface area contributed by atoms with Gasteiger partial charge in [-0.2, -0.15) is 16.9 Å². The smallest absolute Gasteiger partial charge is 0.306 e. The lowest BCUT2D eigenvalue weighted by Crippen LogP contribution is -2.37. The maximum absolute atomic E-state index is 11.2. The van der Waals surface area contributed by atoms with Crippen LogP contribution in [-0.4, -0.2) is 52.4 Å². The van der Waals surface area contributed by atoms with Crippen molar-refractivity contribution in [2.75, 3.05) is 31.7 Å². The van der Waals surface area contributed by atoms with Crippen LogP contribution in [0.4, 0.5) is 0 Å². The fourth-order valence-corrected chi connectivity index (χ4v) is 3.32. The Hall–Kier alpha value is -1.01. The third kappa shape index (κ3) is 3.26. The first-order chi connectivity index (χ1) is 8.70. The Kier molecular flexibility index (Phi) is 4.66. The van der Waals surface area contributed by atoms with Gasteiger partial charge in [0.1, 0.15) is 0 Å². The minimum atomic E-state index is -0.141. The van der Waals surface area contributed by atoms with Crippen LogP contribution < -0.4 is 0 Å². The van der Waals surface area contributed by atoms with Crippen LogP contribution in [0.3, 0.4) is 0 Å². The maximum atomic E-state index is 11.2. The Morgan fingerprint density at radius 2 is 2.50 bits per heavy atom. The van der Waals surface area contributed by atoms with Crippen LogP contribution in [-0.2, 0) is 16.6 Å². The Morgan fingerprint density at radius 1 is 1.67 bits per heavy atom. The zero-order valence-electron chi connectivity index (χ0n) is 10.8. The molecule has 6 heteroatoms. The van der Waals surface area contributed by atoms with Crippen molar-refractivity contribution in [1.82, 2.24) is 14.7 Å². The zero-order chi connectivity index (χ0) is 13.0. The number of ether oxygens (including phenoxy) is 1. The molecule has 0 bridgehead atoms. The van der Waals surface area contributed by atoms with E-state index in [4.69, 9.17) is 4.74 Å². The Balaban J connectivity index is 1.99. The summed E-state index contributed by atoms with van der Waals surface area (Å²) in [6.45, 7) is 1.77. The molecule has 1 aromatic rings. The van der Waals surface area contributed by atoms with E-state index in [0.29, 0.717) is 12.5 Å². The van der Waals surface area contributed by atoms with Gasteiger partial charge in [0.2, 0.25) is 0 Å². The highest BCUT2D eigenvalue weighted by atomic mass is 32.2. The van der Waals surface area contributed by atoms with Gasteiger partial charge in [-0.1, -0.05) is 0 Å². The van der Waals surface area contributed by atoms with E-state index in [1.165, 1.54) is 12.7 Å². The van der Waals surface area contributed by atoms with E-state index in [1.807, 2.05) is 29.7 Å². The van der Waals surface area contributed by atoms with Gasteiger partial charge in [0.15, 0.2) is 0 Å². The van der Waals surface area contributed by atoms with Gasteiger partial charge in [-0.05, 0) is 0 Å². The number of thioether (sulfide) groups is 1. The zero-order valence-corrected chi connectivity index (χ0v) is 11.7. The lowest BCUT2D eigenvalue weighted by atomic mass is 10.1. The Bertz CT molecular complexity index is 408. The minimum absolute atomic E-state index is 0.141. The van der Waals surface area contributed by atoms with Crippen LogP contribution in [0.2, 0.25) is 0 Å². The van der Waals surface area contributed by atoms with E-state index in [9.17, 15) is 4.79 Å². The first kappa shape index (κ1) is 13.4. The highest BCUT2D eigenvalue weighted by molar-refractivity contribution is 7.99. The maximum Gasteiger partial charge on any atom is 0.306 e. The van der Waals surface area contributed by atoms with Crippen molar-refractivity contribution < 1.29 is 9.53 Å². The number of aryl methyl sites for hydroxylation is 1. The molecule has 1 aliphatic rings. The van der Waals surface area contributed by atoms with Crippen LogP contribution >= 0.6 is 11.8 Å². The summed E-state index contributed by atoms with van der Waals surface area (Å²) in [6, 6.07) is 0.363. The van der Waals surface area contributed by atoms with Crippen molar-refractivity contribution in [3.8, 4) is 0 Å². The van der Waals surface area contributed by atoms with E-state index < -0.39 is 0 Å². The summed E-state index contributed by atoms with van der Waals surface area (Å²) in [5.74, 6) is 2.04. The largest absolute Gasteiger partial charge is 0.469 e. The molecule has 1 saturated heterocycles. The molecule has 1 fully saturated rings. The molecule has 0 spiro atoms. The van der Waals surface area contributed by atoms with Gasteiger partial charge in [-0.15, -0.1) is 0 Å². The van der Waals surface area contributed by atoms with Crippen LogP contribution in [0, 0.1) is 0 Å². The predicted octanol–water partition coefficient (Wildman–Crippen LogP) is 1.07. The van der Waals surface area contributed by atoms with Gasteiger partial charge in [0.05, 0.1) is 19.7 Å². The normalized spacial score (nSPS) is 20.9. The monoisotopic (exact) mass is 269 g/mol. The van der Waals surface area contributed by atoms with Gasteiger partial charge in [0.25, 0.3) is 0 Å². The molecule has 0 saturated carbocycles. The second kappa shape index (κ2) is 6.24. The number of esters is 1. The average molecular weight is 269 g/mol. The molecule has 1 aliphatic heterocycles. The predicted molar refractivity (Wildman–Crippen MR) is 71.5 cm³/mol. The van der Waals surface area contributed by atoms with Crippen molar-refractivity contribution in [1.29, 1.82) is 0 Å². The Morgan fingerprint density at radius 3 is 3.17 bits per heavy atom.